The Morgan fingerprint density at radius 1 is 1.08 bits per heavy atom. The van der Waals surface area contributed by atoms with E-state index in [0.717, 1.165) is 11.1 Å². The van der Waals surface area contributed by atoms with Crippen molar-refractivity contribution in [3.05, 3.63) is 59.3 Å². The van der Waals surface area contributed by atoms with Crippen molar-refractivity contribution in [2.24, 2.45) is 0 Å². The third-order valence-electron chi connectivity index (χ3n) is 3.52. The van der Waals surface area contributed by atoms with Crippen LogP contribution in [0.2, 0.25) is 0 Å². The molecule has 0 aliphatic carbocycles. The van der Waals surface area contributed by atoms with E-state index in [1.807, 2.05) is 6.07 Å². The summed E-state index contributed by atoms with van der Waals surface area (Å²) in [5.41, 5.74) is 1.70. The van der Waals surface area contributed by atoms with Crippen LogP contribution in [0.3, 0.4) is 0 Å². The summed E-state index contributed by atoms with van der Waals surface area (Å²) < 4.78 is 25.4. The Bertz CT molecular complexity index is 820. The van der Waals surface area contributed by atoms with Crippen LogP contribution in [0.4, 0.5) is 4.39 Å². The number of tetrazole rings is 1. The van der Waals surface area contributed by atoms with Crippen LogP contribution in [0, 0.1) is 5.82 Å². The van der Waals surface area contributed by atoms with Gasteiger partial charge in [0.1, 0.15) is 0 Å². The first-order valence-electron chi connectivity index (χ1n) is 7.26. The summed E-state index contributed by atoms with van der Waals surface area (Å²) >= 11 is 0. The first-order chi connectivity index (χ1) is 11.7. The van der Waals surface area contributed by atoms with Crippen LogP contribution in [-0.2, 0) is 13.0 Å². The van der Waals surface area contributed by atoms with Gasteiger partial charge in [-0.25, -0.2) is 14.1 Å². The van der Waals surface area contributed by atoms with E-state index in [0.29, 0.717) is 24.7 Å². The van der Waals surface area contributed by atoms with Gasteiger partial charge < -0.3 is 9.47 Å². The molecular weight excluding hydrogens is 313 g/mol. The van der Waals surface area contributed by atoms with E-state index in [1.165, 1.54) is 13.2 Å². The molecule has 2 heterocycles. The standard InChI is InChI=1S/C16H16FN5O2/c1-23-14-5-3-11(7-13(14)17)8-15-19-20-21-22(15)10-12-4-6-16(24-2)18-9-12/h3-7,9H,8,10H2,1-2H3. The first kappa shape index (κ1) is 15.9. The molecule has 0 unspecified atom stereocenters. The Morgan fingerprint density at radius 3 is 2.58 bits per heavy atom. The summed E-state index contributed by atoms with van der Waals surface area (Å²) in [6, 6.07) is 8.47. The number of hydrogen-bond donors (Lipinski definition) is 0. The molecule has 2 aromatic heterocycles. The van der Waals surface area contributed by atoms with Crippen molar-refractivity contribution in [1.29, 1.82) is 0 Å². The number of pyridine rings is 1. The van der Waals surface area contributed by atoms with Crippen molar-refractivity contribution >= 4 is 0 Å². The summed E-state index contributed by atoms with van der Waals surface area (Å²) in [5, 5.41) is 11.7. The molecule has 1 aromatic carbocycles. The number of hydrogen-bond acceptors (Lipinski definition) is 6. The van der Waals surface area contributed by atoms with Gasteiger partial charge in [0.25, 0.3) is 0 Å². The third-order valence-corrected chi connectivity index (χ3v) is 3.52. The molecule has 3 rings (SSSR count). The minimum atomic E-state index is -0.409. The van der Waals surface area contributed by atoms with Crippen molar-refractivity contribution in [1.82, 2.24) is 25.2 Å². The molecule has 24 heavy (non-hydrogen) atoms. The maximum absolute atomic E-state index is 13.8. The molecule has 0 atom stereocenters. The van der Waals surface area contributed by atoms with Gasteiger partial charge in [-0.3, -0.25) is 0 Å². The van der Waals surface area contributed by atoms with E-state index in [9.17, 15) is 4.39 Å². The minimum Gasteiger partial charge on any atom is -0.494 e. The summed E-state index contributed by atoms with van der Waals surface area (Å²) in [6.07, 6.45) is 2.12. The Morgan fingerprint density at radius 2 is 1.92 bits per heavy atom. The van der Waals surface area contributed by atoms with Gasteiger partial charge in [0.15, 0.2) is 17.4 Å². The molecule has 0 saturated heterocycles. The molecule has 0 spiro atoms. The topological polar surface area (TPSA) is 75.0 Å². The van der Waals surface area contributed by atoms with Crippen molar-refractivity contribution in [2.45, 2.75) is 13.0 Å². The molecule has 3 aromatic rings. The van der Waals surface area contributed by atoms with Gasteiger partial charge in [-0.1, -0.05) is 12.1 Å². The van der Waals surface area contributed by atoms with Crippen LogP contribution in [0.1, 0.15) is 17.0 Å². The third kappa shape index (κ3) is 3.48. The Hall–Kier alpha value is -3.03. The summed E-state index contributed by atoms with van der Waals surface area (Å²) in [5.74, 6) is 0.982. The fourth-order valence-electron chi connectivity index (χ4n) is 2.27. The van der Waals surface area contributed by atoms with Gasteiger partial charge in [0.05, 0.1) is 20.8 Å². The molecule has 0 fully saturated rings. The average Bonchev–Trinajstić information content (AvgIpc) is 3.02. The van der Waals surface area contributed by atoms with Crippen LogP contribution >= 0.6 is 0 Å². The highest BCUT2D eigenvalue weighted by Gasteiger charge is 2.10. The van der Waals surface area contributed by atoms with Crippen LogP contribution in [0.5, 0.6) is 11.6 Å². The lowest BCUT2D eigenvalue weighted by molar-refractivity contribution is 0.386. The van der Waals surface area contributed by atoms with Crippen LogP contribution in [-0.4, -0.2) is 39.4 Å². The number of methoxy groups -OCH3 is 2. The molecule has 8 heteroatoms. The van der Waals surface area contributed by atoms with E-state index >= 15 is 0 Å². The van der Waals surface area contributed by atoms with Crippen LogP contribution in [0.25, 0.3) is 0 Å². The Labute approximate surface area is 138 Å². The largest absolute Gasteiger partial charge is 0.494 e. The van der Waals surface area contributed by atoms with E-state index in [4.69, 9.17) is 9.47 Å². The maximum Gasteiger partial charge on any atom is 0.212 e. The summed E-state index contributed by atoms with van der Waals surface area (Å²) in [7, 11) is 3.00. The van der Waals surface area contributed by atoms with Gasteiger partial charge in [-0.05, 0) is 33.7 Å². The SMILES string of the molecule is COc1ccc(Cn2nnnc2Cc2ccc(OC)c(F)c2)cn1. The zero-order valence-electron chi connectivity index (χ0n) is 13.3. The molecule has 124 valence electrons. The van der Waals surface area contributed by atoms with Crippen LogP contribution in [0.15, 0.2) is 36.5 Å². The fraction of sp³-hybridized carbons (Fsp3) is 0.250. The highest BCUT2D eigenvalue weighted by molar-refractivity contribution is 5.30. The molecule has 7 nitrogen and oxygen atoms in total. The van der Waals surface area contributed by atoms with E-state index in [1.54, 1.807) is 36.2 Å². The number of nitrogens with zero attached hydrogens (tertiary/aromatic N) is 5. The fourth-order valence-corrected chi connectivity index (χ4v) is 2.27. The second kappa shape index (κ2) is 7.03. The normalized spacial score (nSPS) is 10.6. The molecular formula is C16H16FN5O2. The number of benzene rings is 1. The highest BCUT2D eigenvalue weighted by Crippen LogP contribution is 2.19. The smallest absolute Gasteiger partial charge is 0.212 e. The van der Waals surface area contributed by atoms with Gasteiger partial charge in [0.2, 0.25) is 5.88 Å². The number of aromatic nitrogens is 5. The number of rotatable bonds is 6. The summed E-state index contributed by atoms with van der Waals surface area (Å²) in [6.45, 7) is 0.470. The second-order valence-electron chi connectivity index (χ2n) is 5.11. The van der Waals surface area contributed by atoms with Crippen molar-refractivity contribution in [3.63, 3.8) is 0 Å². The second-order valence-corrected chi connectivity index (χ2v) is 5.11. The van der Waals surface area contributed by atoms with Crippen molar-refractivity contribution in [2.75, 3.05) is 14.2 Å². The lowest BCUT2D eigenvalue weighted by Gasteiger charge is -2.07. The Kier molecular flexibility index (Phi) is 4.64. The monoisotopic (exact) mass is 329 g/mol. The first-order valence-corrected chi connectivity index (χ1v) is 7.26. The van der Waals surface area contributed by atoms with E-state index in [-0.39, 0.29) is 5.75 Å². The quantitative estimate of drug-likeness (QED) is 0.687. The number of ether oxygens (including phenoxy) is 2. The molecule has 0 aliphatic rings. The van der Waals surface area contributed by atoms with E-state index in [2.05, 4.69) is 20.5 Å². The van der Waals surface area contributed by atoms with Gasteiger partial charge in [-0.15, -0.1) is 5.10 Å². The molecule has 0 bridgehead atoms. The highest BCUT2D eigenvalue weighted by atomic mass is 19.1. The molecule has 0 radical (unpaired) electrons. The molecule has 0 N–H and O–H groups in total. The molecule has 0 amide bonds. The minimum absolute atomic E-state index is 0.211. The summed E-state index contributed by atoms with van der Waals surface area (Å²) in [4.78, 5) is 4.15. The van der Waals surface area contributed by atoms with Gasteiger partial charge in [-0.2, -0.15) is 0 Å². The van der Waals surface area contributed by atoms with Crippen molar-refractivity contribution in [3.8, 4) is 11.6 Å². The number of halogens is 1. The predicted molar refractivity (Wildman–Crippen MR) is 83.5 cm³/mol. The molecule has 0 aliphatic heterocycles. The zero-order chi connectivity index (χ0) is 16.9. The Balaban J connectivity index is 1.76. The van der Waals surface area contributed by atoms with Crippen molar-refractivity contribution < 1.29 is 13.9 Å². The van der Waals surface area contributed by atoms with Gasteiger partial charge >= 0.3 is 0 Å². The lowest BCUT2D eigenvalue weighted by atomic mass is 10.1. The zero-order valence-corrected chi connectivity index (χ0v) is 13.3. The molecule has 0 saturated carbocycles. The van der Waals surface area contributed by atoms with Gasteiger partial charge in [0, 0.05) is 18.7 Å². The average molecular weight is 329 g/mol. The maximum atomic E-state index is 13.8. The lowest BCUT2D eigenvalue weighted by Crippen LogP contribution is -2.08. The van der Waals surface area contributed by atoms with Crippen LogP contribution < -0.4 is 9.47 Å². The predicted octanol–water partition coefficient (Wildman–Crippen LogP) is 1.86. The van der Waals surface area contributed by atoms with E-state index < -0.39 is 5.82 Å².